The number of tetrazole rings is 1. The molecule has 5 aromatic rings. The lowest BCUT2D eigenvalue weighted by Gasteiger charge is -2.10. The molecule has 11 nitrogen and oxygen atoms in total. The Balaban J connectivity index is 1.43. The van der Waals surface area contributed by atoms with E-state index < -0.39 is 5.91 Å². The van der Waals surface area contributed by atoms with Crippen molar-refractivity contribution < 1.29 is 14.1 Å². The molecule has 3 N–H and O–H groups in total. The van der Waals surface area contributed by atoms with Crippen LogP contribution >= 0.6 is 11.6 Å². The van der Waals surface area contributed by atoms with Crippen molar-refractivity contribution in [3.63, 3.8) is 0 Å². The average Bonchev–Trinajstić information content (AvgIpc) is 3.57. The highest BCUT2D eigenvalue weighted by atomic mass is 35.5. The number of aromatic nitrogens is 6. The third-order valence-electron chi connectivity index (χ3n) is 5.01. The Morgan fingerprint density at radius 1 is 1.06 bits per heavy atom. The van der Waals surface area contributed by atoms with E-state index in [4.69, 9.17) is 16.1 Å². The van der Waals surface area contributed by atoms with Gasteiger partial charge in [0.15, 0.2) is 0 Å². The summed E-state index contributed by atoms with van der Waals surface area (Å²) in [6.07, 6.45) is 1.39. The molecule has 0 unspecified atom stereocenters. The fourth-order valence-corrected chi connectivity index (χ4v) is 3.60. The maximum Gasteiger partial charge on any atom is 0.294 e. The highest BCUT2D eigenvalue weighted by Crippen LogP contribution is 2.29. The predicted octanol–water partition coefficient (Wildman–Crippen LogP) is 3.50. The lowest BCUT2D eigenvalue weighted by molar-refractivity contribution is 0.0986. The molecule has 0 fully saturated rings. The van der Waals surface area contributed by atoms with Gasteiger partial charge in [0.25, 0.3) is 11.8 Å². The van der Waals surface area contributed by atoms with Crippen LogP contribution in [0.4, 0.5) is 11.4 Å². The van der Waals surface area contributed by atoms with E-state index in [-0.39, 0.29) is 11.7 Å². The zero-order valence-corrected chi connectivity index (χ0v) is 17.8. The highest BCUT2D eigenvalue weighted by Gasteiger charge is 2.18. The second-order valence-corrected chi connectivity index (χ2v) is 7.51. The molecule has 0 spiro atoms. The minimum absolute atomic E-state index is 0.0995. The highest BCUT2D eigenvalue weighted by molar-refractivity contribution is 6.31. The summed E-state index contributed by atoms with van der Waals surface area (Å²) in [6, 6.07) is 13.5. The predicted molar refractivity (Wildman–Crippen MR) is 120 cm³/mol. The molecule has 3 aromatic heterocycles. The zero-order chi connectivity index (χ0) is 22.9. The van der Waals surface area contributed by atoms with Crippen molar-refractivity contribution in [2.75, 3.05) is 10.6 Å². The van der Waals surface area contributed by atoms with Crippen molar-refractivity contribution in [2.45, 2.75) is 0 Å². The van der Waals surface area contributed by atoms with Crippen LogP contribution in [0.3, 0.4) is 0 Å². The summed E-state index contributed by atoms with van der Waals surface area (Å²) in [4.78, 5) is 25.3. The molecule has 33 heavy (non-hydrogen) atoms. The SMILES string of the molecule is Cn1c(C(=O)Nc2ccc(Cl)cc2-c2nn[nH]n2)cc2ccc(NC(=O)c3ccno3)cc21. The smallest absolute Gasteiger partial charge is 0.294 e. The molecule has 12 heteroatoms. The van der Waals surface area contributed by atoms with Gasteiger partial charge in [-0.15, -0.1) is 10.2 Å². The molecule has 0 radical (unpaired) electrons. The fraction of sp³-hybridized carbons (Fsp3) is 0.0476. The summed E-state index contributed by atoms with van der Waals surface area (Å²) < 4.78 is 6.61. The number of H-pyrrole nitrogens is 1. The Bertz CT molecular complexity index is 1480. The van der Waals surface area contributed by atoms with Gasteiger partial charge in [0.05, 0.1) is 17.4 Å². The van der Waals surface area contributed by atoms with Gasteiger partial charge in [-0.25, -0.2) is 0 Å². The number of amides is 2. The molecule has 0 saturated carbocycles. The monoisotopic (exact) mass is 462 g/mol. The largest absolute Gasteiger partial charge is 0.351 e. The molecule has 5 rings (SSSR count). The Morgan fingerprint density at radius 2 is 1.94 bits per heavy atom. The third-order valence-corrected chi connectivity index (χ3v) is 5.25. The van der Waals surface area contributed by atoms with E-state index in [1.54, 1.807) is 48.0 Å². The summed E-state index contributed by atoms with van der Waals surface area (Å²) in [6.45, 7) is 0. The van der Waals surface area contributed by atoms with Crippen LogP contribution in [-0.4, -0.2) is 42.2 Å². The van der Waals surface area contributed by atoms with Gasteiger partial charge in [-0.2, -0.15) is 5.21 Å². The number of carbonyl (C=O) groups is 2. The van der Waals surface area contributed by atoms with E-state index in [0.717, 1.165) is 10.9 Å². The molecule has 2 aromatic carbocycles. The minimum atomic E-state index is -0.421. The molecule has 0 atom stereocenters. The third kappa shape index (κ3) is 3.92. The van der Waals surface area contributed by atoms with Crippen molar-refractivity contribution in [3.05, 3.63) is 71.2 Å². The molecule has 2 amide bonds. The van der Waals surface area contributed by atoms with E-state index in [9.17, 15) is 9.59 Å². The van der Waals surface area contributed by atoms with Crippen LogP contribution in [-0.2, 0) is 7.05 Å². The van der Waals surface area contributed by atoms with Gasteiger partial charge >= 0.3 is 0 Å². The Hall–Kier alpha value is -4.51. The molecule has 0 aliphatic carbocycles. The number of hydrogen-bond donors (Lipinski definition) is 3. The number of rotatable bonds is 5. The fourth-order valence-electron chi connectivity index (χ4n) is 3.42. The minimum Gasteiger partial charge on any atom is -0.351 e. The number of halogens is 1. The number of carbonyl (C=O) groups excluding carboxylic acids is 2. The van der Waals surface area contributed by atoms with Gasteiger partial charge in [0.2, 0.25) is 11.6 Å². The zero-order valence-electron chi connectivity index (χ0n) is 17.0. The molecular formula is C21H15ClN8O3. The first-order valence-electron chi connectivity index (χ1n) is 9.66. The Kier molecular flexibility index (Phi) is 5.07. The molecular weight excluding hydrogens is 448 g/mol. The van der Waals surface area contributed by atoms with Gasteiger partial charge in [-0.3, -0.25) is 9.59 Å². The van der Waals surface area contributed by atoms with E-state index in [1.807, 2.05) is 6.07 Å². The average molecular weight is 463 g/mol. The van der Waals surface area contributed by atoms with E-state index in [0.29, 0.717) is 33.5 Å². The number of fused-ring (bicyclic) bond motifs is 1. The number of nitrogens with one attached hydrogen (secondary N) is 3. The summed E-state index contributed by atoms with van der Waals surface area (Å²) in [5, 5.41) is 24.3. The Labute approximate surface area is 190 Å². The number of aromatic amines is 1. The number of benzene rings is 2. The van der Waals surface area contributed by atoms with Gasteiger partial charge in [-0.05, 0) is 41.6 Å². The number of hydrogen-bond acceptors (Lipinski definition) is 7. The van der Waals surface area contributed by atoms with E-state index >= 15 is 0 Å². The maximum absolute atomic E-state index is 13.1. The number of aryl methyl sites for hydroxylation is 1. The molecule has 3 heterocycles. The van der Waals surface area contributed by atoms with Crippen LogP contribution in [0.5, 0.6) is 0 Å². The van der Waals surface area contributed by atoms with Crippen LogP contribution in [0.15, 0.2) is 59.3 Å². The maximum atomic E-state index is 13.1. The van der Waals surface area contributed by atoms with Gasteiger partial charge in [0, 0.05) is 34.8 Å². The van der Waals surface area contributed by atoms with Crippen LogP contribution in [0.1, 0.15) is 21.0 Å². The second kappa shape index (κ2) is 8.20. The molecule has 164 valence electrons. The summed E-state index contributed by atoms with van der Waals surface area (Å²) in [5.74, 6) is -0.358. The summed E-state index contributed by atoms with van der Waals surface area (Å²) >= 11 is 6.11. The molecule has 0 saturated heterocycles. The van der Waals surface area contributed by atoms with Crippen molar-refractivity contribution in [1.29, 1.82) is 0 Å². The topological polar surface area (TPSA) is 144 Å². The van der Waals surface area contributed by atoms with Crippen LogP contribution in [0.25, 0.3) is 22.3 Å². The molecule has 0 aliphatic rings. The first-order chi connectivity index (χ1) is 16.0. The van der Waals surface area contributed by atoms with Crippen molar-refractivity contribution >= 4 is 45.7 Å². The lowest BCUT2D eigenvalue weighted by atomic mass is 10.1. The summed E-state index contributed by atoms with van der Waals surface area (Å²) in [5.41, 5.74) is 2.73. The molecule has 0 aliphatic heterocycles. The van der Waals surface area contributed by atoms with Gasteiger partial charge < -0.3 is 19.7 Å². The first-order valence-corrected chi connectivity index (χ1v) is 10.0. The quantitative estimate of drug-likeness (QED) is 0.362. The molecule has 0 bridgehead atoms. The second-order valence-electron chi connectivity index (χ2n) is 7.07. The normalized spacial score (nSPS) is 11.0. The number of anilines is 2. The van der Waals surface area contributed by atoms with E-state index in [2.05, 4.69) is 36.4 Å². The number of nitrogens with zero attached hydrogens (tertiary/aromatic N) is 5. The van der Waals surface area contributed by atoms with Crippen molar-refractivity contribution in [2.24, 2.45) is 7.05 Å². The van der Waals surface area contributed by atoms with Crippen LogP contribution in [0.2, 0.25) is 5.02 Å². The Morgan fingerprint density at radius 3 is 2.70 bits per heavy atom. The van der Waals surface area contributed by atoms with Crippen molar-refractivity contribution in [1.82, 2.24) is 30.3 Å². The summed E-state index contributed by atoms with van der Waals surface area (Å²) in [7, 11) is 1.77. The van der Waals surface area contributed by atoms with Crippen molar-refractivity contribution in [3.8, 4) is 11.4 Å². The standard InChI is InChI=1S/C21H15ClN8O3/c1-30-16-10-13(24-21(32)18-6-7-23-33-18)4-2-11(16)8-17(30)20(31)25-15-5-3-12(22)9-14(15)19-26-28-29-27-19/h2-10H,1H3,(H,24,32)(H,25,31)(H,26,27,28,29). The van der Waals surface area contributed by atoms with Crippen LogP contribution < -0.4 is 10.6 Å². The van der Waals surface area contributed by atoms with Gasteiger partial charge in [0.1, 0.15) is 5.69 Å². The van der Waals surface area contributed by atoms with Gasteiger partial charge in [-0.1, -0.05) is 22.8 Å². The van der Waals surface area contributed by atoms with Crippen LogP contribution in [0, 0.1) is 0 Å². The lowest BCUT2D eigenvalue weighted by Crippen LogP contribution is -2.16. The van der Waals surface area contributed by atoms with E-state index in [1.165, 1.54) is 12.3 Å². The first kappa shape index (κ1) is 20.4.